The number of hydrogen-bond acceptors (Lipinski definition) is 8. The van der Waals surface area contributed by atoms with Crippen LogP contribution in [-0.2, 0) is 13.1 Å². The molecule has 0 unspecified atom stereocenters. The van der Waals surface area contributed by atoms with E-state index in [0.29, 0.717) is 13.1 Å². The first-order valence-electron chi connectivity index (χ1n) is 8.15. The molecule has 0 saturated heterocycles. The van der Waals surface area contributed by atoms with Crippen LogP contribution in [0.3, 0.4) is 0 Å². The van der Waals surface area contributed by atoms with Gasteiger partial charge in [-0.2, -0.15) is 9.59 Å². The molecular formula is C16H15N11. The molecule has 0 atom stereocenters. The molecule has 0 aliphatic rings. The van der Waals surface area contributed by atoms with Gasteiger partial charge < -0.3 is 0 Å². The van der Waals surface area contributed by atoms with E-state index in [-0.39, 0.29) is 11.9 Å². The lowest BCUT2D eigenvalue weighted by Crippen LogP contribution is -2.04. The van der Waals surface area contributed by atoms with Gasteiger partial charge in [0.1, 0.15) is 0 Å². The summed E-state index contributed by atoms with van der Waals surface area (Å²) in [4.78, 5) is 2.90. The van der Waals surface area contributed by atoms with Gasteiger partial charge in [-0.1, -0.05) is 81.2 Å². The molecule has 11 heteroatoms. The molecule has 134 valence electrons. The minimum Gasteiger partial charge on any atom is -0.223 e. The van der Waals surface area contributed by atoms with Gasteiger partial charge in [-0.05, 0) is 21.6 Å². The van der Waals surface area contributed by atoms with Gasteiger partial charge >= 0.3 is 5.95 Å². The Morgan fingerprint density at radius 3 is 2.00 bits per heavy atom. The highest BCUT2D eigenvalue weighted by Gasteiger charge is 2.04. The molecule has 0 radical (unpaired) electrons. The van der Waals surface area contributed by atoms with Crippen molar-refractivity contribution in [3.8, 4) is 0 Å². The molecule has 0 spiro atoms. The molecule has 0 bridgehead atoms. The number of hydrogen-bond donors (Lipinski definition) is 1. The van der Waals surface area contributed by atoms with Crippen LogP contribution in [0.25, 0.3) is 0 Å². The summed E-state index contributed by atoms with van der Waals surface area (Å²) in [5, 5.41) is 31.5. The van der Waals surface area contributed by atoms with Crippen molar-refractivity contribution in [2.24, 2.45) is 10.3 Å². The van der Waals surface area contributed by atoms with E-state index in [0.717, 1.165) is 11.1 Å². The number of rotatable bonds is 7. The van der Waals surface area contributed by atoms with Crippen molar-refractivity contribution in [3.63, 3.8) is 0 Å². The average Bonchev–Trinajstić information content (AvgIpc) is 3.33. The molecule has 2 aromatic heterocycles. The lowest BCUT2D eigenvalue weighted by Gasteiger charge is -1.97. The van der Waals surface area contributed by atoms with Gasteiger partial charge in [-0.3, -0.25) is 0 Å². The second-order valence-corrected chi connectivity index (χ2v) is 5.55. The van der Waals surface area contributed by atoms with E-state index < -0.39 is 0 Å². The molecule has 0 fully saturated rings. The lowest BCUT2D eigenvalue weighted by molar-refractivity contribution is 0.572. The largest absolute Gasteiger partial charge is 0.309 e. The highest BCUT2D eigenvalue weighted by atomic mass is 15.6. The quantitative estimate of drug-likeness (QED) is 0.393. The number of benzene rings is 2. The molecule has 27 heavy (non-hydrogen) atoms. The number of aromatic nitrogens is 8. The molecule has 1 N–H and O–H groups in total. The molecule has 0 aliphatic heterocycles. The first-order chi connectivity index (χ1) is 13.3. The van der Waals surface area contributed by atoms with Crippen molar-refractivity contribution in [2.75, 3.05) is 5.43 Å². The predicted octanol–water partition coefficient (Wildman–Crippen LogP) is 1.87. The average molecular weight is 361 g/mol. The van der Waals surface area contributed by atoms with E-state index in [9.17, 15) is 0 Å². The summed E-state index contributed by atoms with van der Waals surface area (Å²) >= 11 is 0. The molecule has 11 nitrogen and oxygen atoms in total. The number of anilines is 1. The highest BCUT2D eigenvalue weighted by Crippen LogP contribution is 2.05. The third kappa shape index (κ3) is 4.54. The maximum Gasteiger partial charge on any atom is 0.309 e. The molecule has 0 amide bonds. The Hall–Kier alpha value is -4.02. The van der Waals surface area contributed by atoms with Crippen LogP contribution in [0.4, 0.5) is 11.9 Å². The standard InChI is InChI=1S/C16H15N11/c1-3-7-13(8-4-1)11-26-21-15(19-24-26)17-23-18-16-20-25-27(22-16)12-14-9-5-2-6-10-14/h1-10H,11-12H2,(H,17,18,21,22). The maximum atomic E-state index is 4.17. The summed E-state index contributed by atoms with van der Waals surface area (Å²) in [5.74, 6) is 0.362. The third-order valence-electron chi connectivity index (χ3n) is 3.52. The Bertz CT molecular complexity index is 1010. The smallest absolute Gasteiger partial charge is 0.223 e. The zero-order valence-electron chi connectivity index (χ0n) is 14.2. The molecule has 0 saturated carbocycles. The summed E-state index contributed by atoms with van der Waals surface area (Å²) in [6.45, 7) is 1.02. The number of nitrogens with zero attached hydrogens (tertiary/aromatic N) is 10. The zero-order chi connectivity index (χ0) is 18.3. The van der Waals surface area contributed by atoms with Crippen LogP contribution in [0.15, 0.2) is 71.0 Å². The molecule has 2 aromatic carbocycles. The Labute approximate surface area is 153 Å². The van der Waals surface area contributed by atoms with Crippen LogP contribution in [-0.4, -0.2) is 40.4 Å². The van der Waals surface area contributed by atoms with Crippen LogP contribution in [0.1, 0.15) is 11.1 Å². The Kier molecular flexibility index (Phi) is 4.82. The van der Waals surface area contributed by atoms with Gasteiger partial charge in [0.25, 0.3) is 5.95 Å². The van der Waals surface area contributed by atoms with Crippen LogP contribution < -0.4 is 5.43 Å². The topological polar surface area (TPSA) is 124 Å². The van der Waals surface area contributed by atoms with E-state index in [2.05, 4.69) is 46.6 Å². The van der Waals surface area contributed by atoms with Gasteiger partial charge in [0, 0.05) is 0 Å². The first kappa shape index (κ1) is 16.4. The zero-order valence-corrected chi connectivity index (χ0v) is 14.2. The van der Waals surface area contributed by atoms with E-state index >= 15 is 0 Å². The second kappa shape index (κ2) is 7.91. The Balaban J connectivity index is 1.32. The minimum atomic E-state index is 0.134. The van der Waals surface area contributed by atoms with Crippen LogP contribution in [0, 0.1) is 0 Å². The monoisotopic (exact) mass is 361 g/mol. The number of nitrogens with one attached hydrogen (secondary N) is 1. The summed E-state index contributed by atoms with van der Waals surface area (Å²) in [5.41, 5.74) is 4.73. The van der Waals surface area contributed by atoms with E-state index in [1.807, 2.05) is 60.7 Å². The van der Waals surface area contributed by atoms with Crippen molar-refractivity contribution in [2.45, 2.75) is 13.1 Å². The van der Waals surface area contributed by atoms with E-state index in [1.165, 1.54) is 9.59 Å². The van der Waals surface area contributed by atoms with Crippen molar-refractivity contribution in [3.05, 3.63) is 71.8 Å². The highest BCUT2D eigenvalue weighted by molar-refractivity contribution is 5.19. The second-order valence-electron chi connectivity index (χ2n) is 5.55. The fourth-order valence-electron chi connectivity index (χ4n) is 2.30. The molecule has 4 rings (SSSR count). The van der Waals surface area contributed by atoms with Gasteiger partial charge in [0.05, 0.1) is 13.1 Å². The van der Waals surface area contributed by atoms with Crippen LogP contribution in [0.2, 0.25) is 0 Å². The SMILES string of the molecule is c1ccc(Cn2nnc(N=NNc3nnn(Cc4ccccc4)n3)n2)cc1. The Morgan fingerprint density at radius 2 is 1.33 bits per heavy atom. The third-order valence-corrected chi connectivity index (χ3v) is 3.52. The summed E-state index contributed by atoms with van der Waals surface area (Å²) < 4.78 is 0. The summed E-state index contributed by atoms with van der Waals surface area (Å²) in [6, 6.07) is 19.7. The normalized spacial score (nSPS) is 11.1. The molecule has 2 heterocycles. The molecule has 0 aliphatic carbocycles. The fourth-order valence-corrected chi connectivity index (χ4v) is 2.30. The predicted molar refractivity (Wildman–Crippen MR) is 94.9 cm³/mol. The van der Waals surface area contributed by atoms with Gasteiger partial charge in [-0.15, -0.1) is 10.2 Å². The van der Waals surface area contributed by atoms with Gasteiger partial charge in [0.2, 0.25) is 0 Å². The summed E-state index contributed by atoms with van der Waals surface area (Å²) in [7, 11) is 0. The van der Waals surface area contributed by atoms with Crippen LogP contribution >= 0.6 is 0 Å². The van der Waals surface area contributed by atoms with Crippen molar-refractivity contribution < 1.29 is 0 Å². The number of tetrazole rings is 2. The minimum absolute atomic E-state index is 0.134. The Morgan fingerprint density at radius 1 is 0.741 bits per heavy atom. The maximum absolute atomic E-state index is 4.17. The first-order valence-corrected chi connectivity index (χ1v) is 8.15. The van der Waals surface area contributed by atoms with Gasteiger partial charge in [0.15, 0.2) is 0 Å². The summed E-state index contributed by atoms with van der Waals surface area (Å²) in [6.07, 6.45) is 0. The van der Waals surface area contributed by atoms with E-state index in [4.69, 9.17) is 0 Å². The van der Waals surface area contributed by atoms with Crippen molar-refractivity contribution in [1.29, 1.82) is 0 Å². The molecular weight excluding hydrogens is 346 g/mol. The van der Waals surface area contributed by atoms with Crippen molar-refractivity contribution in [1.82, 2.24) is 40.4 Å². The lowest BCUT2D eigenvalue weighted by atomic mass is 10.2. The fraction of sp³-hybridized carbons (Fsp3) is 0.125. The van der Waals surface area contributed by atoms with Gasteiger partial charge in [-0.25, -0.2) is 5.43 Å². The van der Waals surface area contributed by atoms with Crippen molar-refractivity contribution >= 4 is 11.9 Å². The molecule has 4 aromatic rings. The van der Waals surface area contributed by atoms with Crippen LogP contribution in [0.5, 0.6) is 0 Å². The van der Waals surface area contributed by atoms with E-state index in [1.54, 1.807) is 0 Å².